The van der Waals surface area contributed by atoms with Crippen molar-refractivity contribution in [3.05, 3.63) is 48.6 Å². The number of carbonyl (C=O) groups is 1. The van der Waals surface area contributed by atoms with Crippen molar-refractivity contribution in [2.24, 2.45) is 0 Å². The Morgan fingerprint density at radius 3 is 1.10 bits per heavy atom. The average Bonchev–Trinajstić information content (AvgIpc) is 3.29. The number of aliphatic hydroxyl groups excluding tert-OH is 3. The first-order chi connectivity index (χ1) is 31.1. The molecule has 3 unspecified atom stereocenters. The fraction of sp³-hybridized carbons (Fsp3) is 0.845. The van der Waals surface area contributed by atoms with Crippen LogP contribution in [-0.2, 0) is 4.79 Å². The zero-order chi connectivity index (χ0) is 45.8. The summed E-state index contributed by atoms with van der Waals surface area (Å²) in [5.74, 6) is -0.158. The summed E-state index contributed by atoms with van der Waals surface area (Å²) in [6, 6.07) is -0.832. The van der Waals surface area contributed by atoms with E-state index in [0.717, 1.165) is 51.4 Å². The molecule has 3 atom stereocenters. The van der Waals surface area contributed by atoms with Crippen LogP contribution in [0, 0.1) is 0 Å². The number of aliphatic hydroxyl groups is 3. The molecule has 1 amide bonds. The molecule has 0 radical (unpaired) electrons. The van der Waals surface area contributed by atoms with Crippen molar-refractivity contribution in [3.8, 4) is 0 Å². The van der Waals surface area contributed by atoms with Crippen LogP contribution >= 0.6 is 0 Å². The number of carbonyl (C=O) groups excluding carboxylic acids is 1. The smallest absolute Gasteiger partial charge is 0.220 e. The molecule has 0 saturated carbocycles. The molecule has 0 aromatic carbocycles. The number of unbranched alkanes of at least 4 members (excludes halogenated alkanes) is 35. The molecule has 5 nitrogen and oxygen atoms in total. The third-order valence-electron chi connectivity index (χ3n) is 12.9. The van der Waals surface area contributed by atoms with Gasteiger partial charge in [0.05, 0.1) is 18.8 Å². The van der Waals surface area contributed by atoms with Gasteiger partial charge in [-0.05, 0) is 83.5 Å². The molecular formula is C58H109NO4. The third-order valence-corrected chi connectivity index (χ3v) is 12.9. The van der Waals surface area contributed by atoms with Crippen LogP contribution in [-0.4, -0.2) is 46.1 Å². The summed E-state index contributed by atoms with van der Waals surface area (Å²) in [5, 5.41) is 33.5. The van der Waals surface area contributed by atoms with Crippen LogP contribution in [0.15, 0.2) is 48.6 Å². The molecular weight excluding hydrogens is 775 g/mol. The lowest BCUT2D eigenvalue weighted by Crippen LogP contribution is -2.50. The molecule has 0 aliphatic rings. The summed E-state index contributed by atoms with van der Waals surface area (Å²) >= 11 is 0. The van der Waals surface area contributed by atoms with Gasteiger partial charge in [-0.15, -0.1) is 0 Å². The Balaban J connectivity index is 3.48. The SMILES string of the molecule is CCCCC/C=C/CC/C=C/CCCC(O)C(O)C(CO)NC(=O)CCCCCCCCCCCCCCCCCCC/C=C\C/C=C\CCCCCCCCCCCCCCC. The summed E-state index contributed by atoms with van der Waals surface area (Å²) < 4.78 is 0. The first-order valence-electron chi connectivity index (χ1n) is 27.9. The highest BCUT2D eigenvalue weighted by Crippen LogP contribution is 2.17. The van der Waals surface area contributed by atoms with E-state index in [0.29, 0.717) is 12.8 Å². The summed E-state index contributed by atoms with van der Waals surface area (Å²) in [5.41, 5.74) is 0. The minimum absolute atomic E-state index is 0.158. The lowest BCUT2D eigenvalue weighted by atomic mass is 10.0. The first-order valence-corrected chi connectivity index (χ1v) is 27.9. The van der Waals surface area contributed by atoms with E-state index >= 15 is 0 Å². The minimum Gasteiger partial charge on any atom is -0.394 e. The van der Waals surface area contributed by atoms with Gasteiger partial charge in [-0.25, -0.2) is 0 Å². The highest BCUT2D eigenvalue weighted by atomic mass is 16.3. The molecule has 0 bridgehead atoms. The molecule has 0 aliphatic heterocycles. The molecule has 0 aromatic heterocycles. The van der Waals surface area contributed by atoms with Gasteiger partial charge in [-0.1, -0.05) is 249 Å². The van der Waals surface area contributed by atoms with Gasteiger partial charge in [0.15, 0.2) is 0 Å². The summed E-state index contributed by atoms with van der Waals surface area (Å²) in [6.45, 7) is 4.14. The van der Waals surface area contributed by atoms with E-state index in [-0.39, 0.29) is 12.5 Å². The second-order valence-electron chi connectivity index (χ2n) is 19.1. The topological polar surface area (TPSA) is 89.8 Å². The van der Waals surface area contributed by atoms with E-state index in [9.17, 15) is 20.1 Å². The van der Waals surface area contributed by atoms with Crippen molar-refractivity contribution in [2.45, 2.75) is 308 Å². The van der Waals surface area contributed by atoms with Gasteiger partial charge in [0.1, 0.15) is 6.10 Å². The van der Waals surface area contributed by atoms with Crippen LogP contribution in [0.25, 0.3) is 0 Å². The monoisotopic (exact) mass is 884 g/mol. The predicted molar refractivity (Wildman–Crippen MR) is 277 cm³/mol. The molecule has 0 saturated heterocycles. The molecule has 0 spiro atoms. The molecule has 0 rings (SSSR count). The zero-order valence-corrected chi connectivity index (χ0v) is 42.2. The second-order valence-corrected chi connectivity index (χ2v) is 19.1. The van der Waals surface area contributed by atoms with Crippen LogP contribution in [0.5, 0.6) is 0 Å². The van der Waals surface area contributed by atoms with E-state index in [4.69, 9.17) is 0 Å². The highest BCUT2D eigenvalue weighted by molar-refractivity contribution is 5.76. The van der Waals surface area contributed by atoms with Gasteiger partial charge >= 0.3 is 0 Å². The van der Waals surface area contributed by atoms with Gasteiger partial charge in [0.2, 0.25) is 5.91 Å². The Labute approximate surface area is 393 Å². The number of hydrogen-bond donors (Lipinski definition) is 4. The first kappa shape index (κ1) is 61.3. The maximum absolute atomic E-state index is 12.5. The number of nitrogens with one attached hydrogen (secondary N) is 1. The highest BCUT2D eigenvalue weighted by Gasteiger charge is 2.26. The normalized spacial score (nSPS) is 13.7. The van der Waals surface area contributed by atoms with E-state index in [1.165, 1.54) is 212 Å². The number of hydrogen-bond acceptors (Lipinski definition) is 4. The molecule has 4 N–H and O–H groups in total. The van der Waals surface area contributed by atoms with Gasteiger partial charge in [-0.3, -0.25) is 4.79 Å². The van der Waals surface area contributed by atoms with E-state index in [1.54, 1.807) is 0 Å². The molecule has 370 valence electrons. The summed E-state index contributed by atoms with van der Waals surface area (Å²) in [6.07, 6.45) is 70.0. The van der Waals surface area contributed by atoms with Crippen LogP contribution in [0.1, 0.15) is 290 Å². The third kappa shape index (κ3) is 48.1. The molecule has 0 aromatic rings. The van der Waals surface area contributed by atoms with E-state index < -0.39 is 18.2 Å². The molecule has 0 fully saturated rings. The quantitative estimate of drug-likeness (QED) is 0.0362. The zero-order valence-electron chi connectivity index (χ0n) is 42.2. The van der Waals surface area contributed by atoms with Crippen molar-refractivity contribution in [2.75, 3.05) is 6.61 Å². The Morgan fingerprint density at radius 2 is 0.698 bits per heavy atom. The summed E-state index contributed by atoms with van der Waals surface area (Å²) in [4.78, 5) is 12.5. The Hall–Kier alpha value is -1.69. The van der Waals surface area contributed by atoms with E-state index in [2.05, 4.69) is 67.8 Å². The van der Waals surface area contributed by atoms with Gasteiger partial charge in [0, 0.05) is 6.42 Å². The molecule has 63 heavy (non-hydrogen) atoms. The van der Waals surface area contributed by atoms with Gasteiger partial charge in [0.25, 0.3) is 0 Å². The van der Waals surface area contributed by atoms with Crippen molar-refractivity contribution in [1.82, 2.24) is 5.32 Å². The number of allylic oxidation sites excluding steroid dienone is 8. The number of rotatable bonds is 51. The van der Waals surface area contributed by atoms with Gasteiger partial charge in [-0.2, -0.15) is 0 Å². The predicted octanol–water partition coefficient (Wildman–Crippen LogP) is 17.2. The van der Waals surface area contributed by atoms with Crippen LogP contribution in [0.4, 0.5) is 0 Å². The second kappa shape index (κ2) is 52.9. The van der Waals surface area contributed by atoms with Gasteiger partial charge < -0.3 is 20.6 Å². The van der Waals surface area contributed by atoms with Crippen LogP contribution in [0.3, 0.4) is 0 Å². The molecule has 0 aliphatic carbocycles. The standard InChI is InChI=1S/C58H109NO4/c1-3-5-7-9-11-13-15-17-18-19-20-21-22-23-24-25-26-27-28-29-30-31-32-33-34-35-36-37-38-39-40-41-43-45-47-49-51-53-57(62)59-55(54-60)58(63)56(61)52-50-48-46-44-42-16-14-12-10-8-6-4-2/h12,14,24-25,27-28,44,46,55-56,58,60-61,63H,3-11,13,15-23,26,29-43,45,47-54H2,1-2H3,(H,59,62)/b14-12+,25-24-,28-27-,46-44+. The number of amides is 1. The molecule has 5 heteroatoms. The maximum Gasteiger partial charge on any atom is 0.220 e. The van der Waals surface area contributed by atoms with Crippen molar-refractivity contribution >= 4 is 5.91 Å². The summed E-state index contributed by atoms with van der Waals surface area (Å²) in [7, 11) is 0. The van der Waals surface area contributed by atoms with E-state index in [1.807, 2.05) is 0 Å². The maximum atomic E-state index is 12.5. The fourth-order valence-electron chi connectivity index (χ4n) is 8.56. The Morgan fingerprint density at radius 1 is 0.397 bits per heavy atom. The lowest BCUT2D eigenvalue weighted by molar-refractivity contribution is -0.124. The fourth-order valence-corrected chi connectivity index (χ4v) is 8.56. The van der Waals surface area contributed by atoms with Crippen LogP contribution in [0.2, 0.25) is 0 Å². The largest absolute Gasteiger partial charge is 0.394 e. The average molecular weight is 885 g/mol. The Bertz CT molecular complexity index is 1020. The van der Waals surface area contributed by atoms with Crippen LogP contribution < -0.4 is 5.32 Å². The lowest BCUT2D eigenvalue weighted by Gasteiger charge is -2.26. The minimum atomic E-state index is -1.17. The Kier molecular flexibility index (Phi) is 51.5. The van der Waals surface area contributed by atoms with Crippen molar-refractivity contribution < 1.29 is 20.1 Å². The van der Waals surface area contributed by atoms with Crippen molar-refractivity contribution in [1.29, 1.82) is 0 Å². The molecule has 0 heterocycles. The van der Waals surface area contributed by atoms with Crippen molar-refractivity contribution in [3.63, 3.8) is 0 Å².